The van der Waals surface area contributed by atoms with Crippen LogP contribution in [0.3, 0.4) is 0 Å². The number of likely N-dealkylation sites (tertiary alicyclic amines) is 1. The molecule has 1 atom stereocenters. The molecule has 1 aromatic rings. The Morgan fingerprint density at radius 2 is 1.87 bits per heavy atom. The molecule has 0 unspecified atom stereocenters. The van der Waals surface area contributed by atoms with Gasteiger partial charge < -0.3 is 14.8 Å². The van der Waals surface area contributed by atoms with Crippen molar-refractivity contribution in [1.82, 2.24) is 10.2 Å². The van der Waals surface area contributed by atoms with Gasteiger partial charge in [-0.25, -0.2) is 0 Å². The molecule has 7 heteroatoms. The van der Waals surface area contributed by atoms with E-state index in [0.717, 1.165) is 25.7 Å². The summed E-state index contributed by atoms with van der Waals surface area (Å²) in [5.74, 6) is 0.0198. The lowest BCUT2D eigenvalue weighted by molar-refractivity contribution is -0.143. The van der Waals surface area contributed by atoms with Gasteiger partial charge in [0.2, 0.25) is 17.7 Å². The van der Waals surface area contributed by atoms with Gasteiger partial charge in [-0.1, -0.05) is 25.0 Å². The first-order valence-corrected chi connectivity index (χ1v) is 11.3. The molecule has 3 amide bonds. The van der Waals surface area contributed by atoms with E-state index >= 15 is 0 Å². The van der Waals surface area contributed by atoms with Crippen LogP contribution in [-0.4, -0.2) is 55.0 Å². The van der Waals surface area contributed by atoms with E-state index in [1.807, 2.05) is 13.8 Å². The molecule has 0 radical (unpaired) electrons. The molecule has 1 aromatic carbocycles. The molecule has 1 N–H and O–H groups in total. The van der Waals surface area contributed by atoms with Crippen LogP contribution in [0.15, 0.2) is 24.3 Å². The second-order valence-electron chi connectivity index (χ2n) is 8.79. The van der Waals surface area contributed by atoms with Crippen molar-refractivity contribution in [3.8, 4) is 5.75 Å². The van der Waals surface area contributed by atoms with Gasteiger partial charge in [0.05, 0.1) is 18.6 Å². The Kier molecular flexibility index (Phi) is 7.70. The number of methoxy groups -OCH3 is 1. The van der Waals surface area contributed by atoms with Gasteiger partial charge in [0, 0.05) is 32.0 Å². The van der Waals surface area contributed by atoms with Crippen molar-refractivity contribution >= 4 is 17.7 Å². The summed E-state index contributed by atoms with van der Waals surface area (Å²) in [6, 6.07) is 7.09. The van der Waals surface area contributed by atoms with E-state index in [-0.39, 0.29) is 42.7 Å². The van der Waals surface area contributed by atoms with E-state index < -0.39 is 5.41 Å². The number of carbonyl (C=O) groups excluding carboxylic acids is 3. The quantitative estimate of drug-likeness (QED) is 0.456. The summed E-state index contributed by atoms with van der Waals surface area (Å²) < 4.78 is 10.7. The second kappa shape index (κ2) is 10.3. The van der Waals surface area contributed by atoms with Crippen molar-refractivity contribution in [2.24, 2.45) is 0 Å². The van der Waals surface area contributed by atoms with Crippen LogP contribution in [-0.2, 0) is 24.5 Å². The van der Waals surface area contributed by atoms with Gasteiger partial charge in [-0.05, 0) is 50.8 Å². The van der Waals surface area contributed by atoms with Crippen molar-refractivity contribution in [2.45, 2.75) is 76.4 Å². The molecule has 1 heterocycles. The molecule has 0 bridgehead atoms. The fourth-order valence-electron chi connectivity index (χ4n) is 4.63. The smallest absolute Gasteiger partial charge is 0.241 e. The standard InChI is InChI=1S/C24H34N2O5/c1-17(2)31-14-6-13-25-21(27)15-24(18-9-11-20(30-3)12-10-18)16-22(28)26(23(24)29)19-7-4-5-8-19/h9-12,17,19H,4-8,13-16H2,1-3H3,(H,25,27)/t24-/m0/s1. The van der Waals surface area contributed by atoms with Gasteiger partial charge in [-0.15, -0.1) is 0 Å². The molecule has 1 aliphatic carbocycles. The van der Waals surface area contributed by atoms with Crippen molar-refractivity contribution in [3.63, 3.8) is 0 Å². The number of nitrogens with one attached hydrogen (secondary N) is 1. The van der Waals surface area contributed by atoms with E-state index in [1.54, 1.807) is 31.4 Å². The van der Waals surface area contributed by atoms with Crippen LogP contribution >= 0.6 is 0 Å². The van der Waals surface area contributed by atoms with Gasteiger partial charge in [-0.2, -0.15) is 0 Å². The number of benzene rings is 1. The third kappa shape index (κ3) is 5.26. The van der Waals surface area contributed by atoms with E-state index in [9.17, 15) is 14.4 Å². The van der Waals surface area contributed by atoms with Gasteiger partial charge in [0.15, 0.2) is 0 Å². The Morgan fingerprint density at radius 1 is 1.19 bits per heavy atom. The Balaban J connectivity index is 1.77. The van der Waals surface area contributed by atoms with Gasteiger partial charge >= 0.3 is 0 Å². The average molecular weight is 431 g/mol. The molecule has 2 fully saturated rings. The van der Waals surface area contributed by atoms with Crippen LogP contribution in [0.1, 0.15) is 64.4 Å². The third-order valence-electron chi connectivity index (χ3n) is 6.24. The van der Waals surface area contributed by atoms with Crippen LogP contribution in [0.25, 0.3) is 0 Å². The van der Waals surface area contributed by atoms with Crippen molar-refractivity contribution in [3.05, 3.63) is 29.8 Å². The Labute approximate surface area is 184 Å². The summed E-state index contributed by atoms with van der Waals surface area (Å²) in [6.07, 6.45) is 4.57. The lowest BCUT2D eigenvalue weighted by Gasteiger charge is -2.29. The van der Waals surface area contributed by atoms with Gasteiger partial charge in [0.1, 0.15) is 5.75 Å². The number of rotatable bonds is 10. The number of nitrogens with zero attached hydrogens (tertiary/aromatic N) is 1. The minimum absolute atomic E-state index is 0.0263. The van der Waals surface area contributed by atoms with E-state index in [1.165, 1.54) is 4.90 Å². The summed E-state index contributed by atoms with van der Waals surface area (Å²) in [5.41, 5.74) is -0.477. The zero-order chi connectivity index (χ0) is 22.4. The highest BCUT2D eigenvalue weighted by Crippen LogP contribution is 2.43. The SMILES string of the molecule is COc1ccc([C@]2(CC(=O)NCCCOC(C)C)CC(=O)N(C3CCCC3)C2=O)cc1. The normalized spacial score (nSPS) is 21.9. The fraction of sp³-hybridized carbons (Fsp3) is 0.625. The number of hydrogen-bond donors (Lipinski definition) is 1. The molecular weight excluding hydrogens is 396 g/mol. The molecule has 1 aliphatic heterocycles. The monoisotopic (exact) mass is 430 g/mol. The van der Waals surface area contributed by atoms with E-state index in [0.29, 0.717) is 30.9 Å². The molecule has 3 rings (SSSR count). The maximum absolute atomic E-state index is 13.6. The maximum Gasteiger partial charge on any atom is 0.241 e. The second-order valence-corrected chi connectivity index (χ2v) is 8.79. The molecular formula is C24H34N2O5. The van der Waals surface area contributed by atoms with Crippen LogP contribution in [0.5, 0.6) is 5.75 Å². The Morgan fingerprint density at radius 3 is 2.48 bits per heavy atom. The van der Waals surface area contributed by atoms with Crippen LogP contribution in [0, 0.1) is 0 Å². The molecule has 2 aliphatic rings. The van der Waals surface area contributed by atoms with Gasteiger partial charge in [0.25, 0.3) is 0 Å². The number of hydrogen-bond acceptors (Lipinski definition) is 5. The highest BCUT2D eigenvalue weighted by atomic mass is 16.5. The topological polar surface area (TPSA) is 84.9 Å². The number of carbonyl (C=O) groups is 3. The van der Waals surface area contributed by atoms with Gasteiger partial charge in [-0.3, -0.25) is 19.3 Å². The number of ether oxygens (including phenoxy) is 2. The van der Waals surface area contributed by atoms with Crippen molar-refractivity contribution in [2.75, 3.05) is 20.3 Å². The first kappa shape index (κ1) is 23.3. The maximum atomic E-state index is 13.6. The average Bonchev–Trinajstić information content (AvgIpc) is 3.34. The summed E-state index contributed by atoms with van der Waals surface area (Å²) in [6.45, 7) is 4.97. The summed E-state index contributed by atoms with van der Waals surface area (Å²) in [4.78, 5) is 40.9. The molecule has 170 valence electrons. The first-order chi connectivity index (χ1) is 14.9. The van der Waals surface area contributed by atoms with Crippen molar-refractivity contribution in [1.29, 1.82) is 0 Å². The summed E-state index contributed by atoms with van der Waals surface area (Å²) >= 11 is 0. The Bertz CT molecular complexity index is 786. The minimum atomic E-state index is -1.16. The van der Waals surface area contributed by atoms with Crippen LogP contribution in [0.4, 0.5) is 0 Å². The molecule has 0 aromatic heterocycles. The Hall–Kier alpha value is -2.41. The lowest BCUT2D eigenvalue weighted by Crippen LogP contribution is -2.45. The fourth-order valence-corrected chi connectivity index (χ4v) is 4.63. The van der Waals surface area contributed by atoms with Crippen molar-refractivity contribution < 1.29 is 23.9 Å². The predicted octanol–water partition coefficient (Wildman–Crippen LogP) is 2.96. The highest BCUT2D eigenvalue weighted by Gasteiger charge is 2.55. The zero-order valence-electron chi connectivity index (χ0n) is 18.8. The summed E-state index contributed by atoms with van der Waals surface area (Å²) in [5, 5.41) is 2.89. The zero-order valence-corrected chi connectivity index (χ0v) is 18.8. The van der Waals surface area contributed by atoms with E-state index in [4.69, 9.17) is 9.47 Å². The van der Waals surface area contributed by atoms with Crippen LogP contribution in [0.2, 0.25) is 0 Å². The molecule has 31 heavy (non-hydrogen) atoms. The third-order valence-corrected chi connectivity index (χ3v) is 6.24. The number of amides is 3. The van der Waals surface area contributed by atoms with Crippen LogP contribution < -0.4 is 10.1 Å². The largest absolute Gasteiger partial charge is 0.497 e. The van der Waals surface area contributed by atoms with E-state index in [2.05, 4.69) is 5.32 Å². The lowest BCUT2D eigenvalue weighted by atomic mass is 9.75. The minimum Gasteiger partial charge on any atom is -0.497 e. The first-order valence-electron chi connectivity index (χ1n) is 11.3. The predicted molar refractivity (Wildman–Crippen MR) is 117 cm³/mol. The molecule has 1 saturated heterocycles. The summed E-state index contributed by atoms with van der Waals surface area (Å²) in [7, 11) is 1.58. The molecule has 0 spiro atoms. The number of imide groups is 1. The highest BCUT2D eigenvalue weighted by molar-refractivity contribution is 6.11. The molecule has 1 saturated carbocycles. The molecule has 7 nitrogen and oxygen atoms in total.